The minimum atomic E-state index is -0.900. The van der Waals surface area contributed by atoms with Crippen LogP contribution in [0.1, 0.15) is 30.5 Å². The van der Waals surface area contributed by atoms with Gasteiger partial charge in [0.05, 0.1) is 0 Å². The van der Waals surface area contributed by atoms with Gasteiger partial charge in [0, 0.05) is 6.42 Å². The molecule has 0 aliphatic carbocycles. The molecule has 0 spiro atoms. The molecule has 4 heteroatoms. The van der Waals surface area contributed by atoms with Crippen molar-refractivity contribution in [3.05, 3.63) is 77.4 Å². The van der Waals surface area contributed by atoms with Crippen molar-refractivity contribution in [3.8, 4) is 28.0 Å². The molecule has 3 nitrogen and oxygen atoms in total. The average molecular weight is 380 g/mol. The number of hydrogen-bond acceptors (Lipinski definition) is 2. The third-order valence-corrected chi connectivity index (χ3v) is 4.59. The Morgan fingerprint density at radius 3 is 2.29 bits per heavy atom. The fourth-order valence-corrected chi connectivity index (χ4v) is 3.28. The number of aliphatic carboxylic acids is 1. The lowest BCUT2D eigenvalue weighted by molar-refractivity contribution is -0.136. The van der Waals surface area contributed by atoms with Gasteiger partial charge in [-0.1, -0.05) is 55.5 Å². The maximum atomic E-state index is 13.8. The van der Waals surface area contributed by atoms with Crippen molar-refractivity contribution in [2.24, 2.45) is 0 Å². The lowest BCUT2D eigenvalue weighted by atomic mass is 9.91. The summed E-state index contributed by atoms with van der Waals surface area (Å²) in [5.74, 6) is -0.815. The molecule has 0 amide bonds. The summed E-state index contributed by atoms with van der Waals surface area (Å²) in [5, 5.41) is 18.7. The van der Waals surface area contributed by atoms with Crippen LogP contribution in [0.15, 0.2) is 60.7 Å². The number of benzene rings is 3. The second kappa shape index (κ2) is 9.18. The molecule has 0 aliphatic rings. The van der Waals surface area contributed by atoms with Gasteiger partial charge >= 0.3 is 5.97 Å². The smallest absolute Gasteiger partial charge is 0.303 e. The molecule has 3 aromatic rings. The van der Waals surface area contributed by atoms with E-state index in [0.717, 1.165) is 33.4 Å². The number of carbonyl (C=O) groups is 1. The number of rotatable bonds is 6. The van der Waals surface area contributed by atoms with Crippen LogP contribution in [0.2, 0.25) is 0 Å². The third-order valence-electron chi connectivity index (χ3n) is 4.59. The van der Waals surface area contributed by atoms with E-state index in [1.54, 1.807) is 24.3 Å². The highest BCUT2D eigenvalue weighted by molar-refractivity contribution is 5.76. The van der Waals surface area contributed by atoms with E-state index in [1.807, 2.05) is 43.3 Å². The van der Waals surface area contributed by atoms with Gasteiger partial charge in [0.2, 0.25) is 0 Å². The second-order valence-electron chi connectivity index (χ2n) is 6.61. The molecule has 0 heterocycles. The van der Waals surface area contributed by atoms with Crippen molar-refractivity contribution in [1.29, 1.82) is 0 Å². The molecule has 0 saturated carbocycles. The third kappa shape index (κ3) is 4.77. The van der Waals surface area contributed by atoms with E-state index >= 15 is 0 Å². The van der Waals surface area contributed by atoms with Gasteiger partial charge in [0.15, 0.2) is 0 Å². The highest BCUT2D eigenvalue weighted by Crippen LogP contribution is 2.33. The predicted octanol–water partition coefficient (Wildman–Crippen LogP) is 6.16. The topological polar surface area (TPSA) is 57.5 Å². The average Bonchev–Trinajstić information content (AvgIpc) is 2.66. The molecular weight excluding hydrogens is 355 g/mol. The van der Waals surface area contributed by atoms with E-state index in [0.29, 0.717) is 12.0 Å². The molecule has 0 saturated heterocycles. The first-order valence-electron chi connectivity index (χ1n) is 8.78. The Morgan fingerprint density at radius 2 is 1.61 bits per heavy atom. The lowest BCUT2D eigenvalue weighted by Gasteiger charge is -2.14. The van der Waals surface area contributed by atoms with E-state index < -0.39 is 12.6 Å². The van der Waals surface area contributed by atoms with Crippen molar-refractivity contribution in [3.63, 3.8) is 0 Å². The monoisotopic (exact) mass is 380 g/mol. The summed E-state index contributed by atoms with van der Waals surface area (Å²) >= 11 is 0. The summed E-state index contributed by atoms with van der Waals surface area (Å²) in [5.41, 5.74) is 5.83. The van der Waals surface area contributed by atoms with Crippen molar-refractivity contribution in [1.82, 2.24) is 0 Å². The SMILES string of the molecule is C.Cc1cccc(-c2ccc(-c3ccc(O)cc3CCC(=O)O)cc2CF)c1. The van der Waals surface area contributed by atoms with Crippen LogP contribution in [0.4, 0.5) is 4.39 Å². The van der Waals surface area contributed by atoms with E-state index in [9.17, 15) is 14.3 Å². The van der Waals surface area contributed by atoms with Crippen molar-refractivity contribution < 1.29 is 19.4 Å². The Labute approximate surface area is 165 Å². The number of hydrogen-bond donors (Lipinski definition) is 2. The Hall–Kier alpha value is -3.14. The quantitative estimate of drug-likeness (QED) is 0.539. The maximum absolute atomic E-state index is 13.8. The van der Waals surface area contributed by atoms with Gasteiger partial charge in [0.25, 0.3) is 0 Å². The Balaban J connectivity index is 0.00000280. The number of carboxylic acid groups (broad SMARTS) is 1. The minimum absolute atomic E-state index is 0. The summed E-state index contributed by atoms with van der Waals surface area (Å²) in [7, 11) is 0. The highest BCUT2D eigenvalue weighted by atomic mass is 19.1. The highest BCUT2D eigenvalue weighted by Gasteiger charge is 2.12. The first-order valence-corrected chi connectivity index (χ1v) is 8.78. The maximum Gasteiger partial charge on any atom is 0.303 e. The first-order chi connectivity index (χ1) is 13.0. The molecule has 0 bridgehead atoms. The van der Waals surface area contributed by atoms with Gasteiger partial charge < -0.3 is 10.2 Å². The number of phenolic OH excluding ortho intramolecular Hbond substituents is 1. The number of carboxylic acids is 1. The van der Waals surface area contributed by atoms with Crippen LogP contribution < -0.4 is 0 Å². The Morgan fingerprint density at radius 1 is 0.929 bits per heavy atom. The van der Waals surface area contributed by atoms with E-state index in [-0.39, 0.29) is 19.6 Å². The lowest BCUT2D eigenvalue weighted by Crippen LogP contribution is -1.99. The number of alkyl halides is 1. The molecule has 2 N–H and O–H groups in total. The van der Waals surface area contributed by atoms with E-state index in [4.69, 9.17) is 5.11 Å². The molecule has 0 fully saturated rings. The van der Waals surface area contributed by atoms with E-state index in [1.165, 1.54) is 0 Å². The zero-order chi connectivity index (χ0) is 19.4. The van der Waals surface area contributed by atoms with Crippen molar-refractivity contribution >= 4 is 5.97 Å². The van der Waals surface area contributed by atoms with E-state index in [2.05, 4.69) is 0 Å². The van der Waals surface area contributed by atoms with Crippen LogP contribution in [0, 0.1) is 6.92 Å². The molecule has 0 atom stereocenters. The van der Waals surface area contributed by atoms with Crippen molar-refractivity contribution in [2.75, 3.05) is 0 Å². The molecule has 28 heavy (non-hydrogen) atoms. The molecule has 3 rings (SSSR count). The van der Waals surface area contributed by atoms with Crippen LogP contribution in [-0.2, 0) is 17.9 Å². The van der Waals surface area contributed by atoms with Gasteiger partial charge in [-0.2, -0.15) is 0 Å². The molecule has 146 valence electrons. The molecule has 0 aromatic heterocycles. The van der Waals surface area contributed by atoms with Crippen molar-refractivity contribution in [2.45, 2.75) is 33.9 Å². The Bertz CT molecular complexity index is 979. The Kier molecular flexibility index (Phi) is 6.94. The van der Waals surface area contributed by atoms with Crippen LogP contribution in [-0.4, -0.2) is 16.2 Å². The molecule has 0 unspecified atom stereocenters. The number of aryl methyl sites for hydroxylation is 2. The second-order valence-corrected chi connectivity index (χ2v) is 6.61. The summed E-state index contributed by atoms with van der Waals surface area (Å²) in [4.78, 5) is 10.9. The zero-order valence-corrected chi connectivity index (χ0v) is 15.1. The minimum Gasteiger partial charge on any atom is -0.508 e. The van der Waals surface area contributed by atoms with Gasteiger partial charge in [-0.05, 0) is 64.9 Å². The largest absolute Gasteiger partial charge is 0.508 e. The normalized spacial score (nSPS) is 10.4. The number of halogens is 1. The summed E-state index contributed by atoms with van der Waals surface area (Å²) < 4.78 is 13.8. The van der Waals surface area contributed by atoms with Crippen LogP contribution >= 0.6 is 0 Å². The van der Waals surface area contributed by atoms with Crippen LogP contribution in [0.3, 0.4) is 0 Å². The summed E-state index contributed by atoms with van der Waals surface area (Å²) in [6, 6.07) is 18.4. The fourth-order valence-electron chi connectivity index (χ4n) is 3.28. The van der Waals surface area contributed by atoms with Gasteiger partial charge in [-0.25, -0.2) is 4.39 Å². The molecule has 0 radical (unpaired) electrons. The fraction of sp³-hybridized carbons (Fsp3) is 0.208. The van der Waals surface area contributed by atoms with Crippen LogP contribution in [0.25, 0.3) is 22.3 Å². The summed E-state index contributed by atoms with van der Waals surface area (Å²) in [6.45, 7) is 1.40. The number of aromatic hydroxyl groups is 1. The molecule has 0 aliphatic heterocycles. The predicted molar refractivity (Wildman–Crippen MR) is 111 cm³/mol. The zero-order valence-electron chi connectivity index (χ0n) is 15.1. The van der Waals surface area contributed by atoms with Gasteiger partial charge in [-0.3, -0.25) is 4.79 Å². The van der Waals surface area contributed by atoms with Gasteiger partial charge in [-0.15, -0.1) is 0 Å². The van der Waals surface area contributed by atoms with Gasteiger partial charge in [0.1, 0.15) is 12.4 Å². The molecule has 3 aromatic carbocycles. The molecular formula is C24H25FO3. The van der Waals surface area contributed by atoms with Crippen LogP contribution in [0.5, 0.6) is 5.75 Å². The summed E-state index contributed by atoms with van der Waals surface area (Å²) in [6.07, 6.45) is 0.261. The first kappa shape index (κ1) is 21.2. The number of phenols is 1. The standard InChI is InChI=1S/C23H21FO3.CH4/c1-15-3-2-4-16(11-15)22-8-5-17(12-19(22)14-24)21-9-7-20(25)13-18(21)6-10-23(26)27;/h2-5,7-9,11-13,25H,6,10,14H2,1H3,(H,26,27);1H4.